The number of hydrogen-bond donors (Lipinski definition) is 0. The molecule has 8 aromatic rings. The SMILES string of the molecule is CC1(C)c2ccccc2-c2cccc(N(c3ccc(C(=C(c4ccccc4)c4ccccc4)c4ccccc4)cc3)c3ccc(-c4ccccc4)cc3)c21. The van der Waals surface area contributed by atoms with E-state index in [9.17, 15) is 0 Å². The van der Waals surface area contributed by atoms with Crippen LogP contribution < -0.4 is 4.90 Å². The third-order valence-electron chi connectivity index (χ3n) is 10.9. The van der Waals surface area contributed by atoms with Crippen LogP contribution in [0, 0.1) is 0 Å². The molecule has 0 bridgehead atoms. The lowest BCUT2D eigenvalue weighted by atomic mass is 9.81. The van der Waals surface area contributed by atoms with Crippen LogP contribution in [0.25, 0.3) is 33.4 Å². The van der Waals surface area contributed by atoms with E-state index < -0.39 is 0 Å². The van der Waals surface area contributed by atoms with Gasteiger partial charge >= 0.3 is 0 Å². The minimum absolute atomic E-state index is 0.172. The fourth-order valence-corrected chi connectivity index (χ4v) is 8.37. The second-order valence-corrected chi connectivity index (χ2v) is 14.5. The van der Waals surface area contributed by atoms with Gasteiger partial charge in [-0.05, 0) is 97.1 Å². The summed E-state index contributed by atoms with van der Waals surface area (Å²) in [5, 5.41) is 0. The summed E-state index contributed by atoms with van der Waals surface area (Å²) in [5.74, 6) is 0. The summed E-state index contributed by atoms with van der Waals surface area (Å²) in [6, 6.07) is 76.9. The van der Waals surface area contributed by atoms with E-state index >= 15 is 0 Å². The average molecular weight is 692 g/mol. The van der Waals surface area contributed by atoms with Gasteiger partial charge in [-0.3, -0.25) is 0 Å². The molecule has 1 nitrogen and oxygen atoms in total. The van der Waals surface area contributed by atoms with Crippen molar-refractivity contribution in [1.29, 1.82) is 0 Å². The summed E-state index contributed by atoms with van der Waals surface area (Å²) in [6.07, 6.45) is 0. The highest BCUT2D eigenvalue weighted by Crippen LogP contribution is 2.54. The number of nitrogens with zero attached hydrogens (tertiary/aromatic N) is 1. The Morgan fingerprint density at radius 1 is 0.352 bits per heavy atom. The van der Waals surface area contributed by atoms with Crippen molar-refractivity contribution in [3.8, 4) is 22.3 Å². The van der Waals surface area contributed by atoms with Crippen LogP contribution in [0.3, 0.4) is 0 Å². The van der Waals surface area contributed by atoms with Crippen LogP contribution in [0.4, 0.5) is 17.1 Å². The van der Waals surface area contributed by atoms with Crippen molar-refractivity contribution in [1.82, 2.24) is 0 Å². The molecule has 0 saturated heterocycles. The number of rotatable bonds is 8. The molecular weight excluding hydrogens is 651 g/mol. The predicted molar refractivity (Wildman–Crippen MR) is 228 cm³/mol. The molecule has 0 saturated carbocycles. The Hall–Kier alpha value is -6.70. The van der Waals surface area contributed by atoms with Gasteiger partial charge in [0.2, 0.25) is 0 Å². The van der Waals surface area contributed by atoms with E-state index in [0.717, 1.165) is 16.9 Å². The van der Waals surface area contributed by atoms with Crippen LogP contribution >= 0.6 is 0 Å². The average Bonchev–Trinajstić information content (AvgIpc) is 3.48. The molecule has 8 aromatic carbocycles. The van der Waals surface area contributed by atoms with Gasteiger partial charge in [-0.15, -0.1) is 0 Å². The third kappa shape index (κ3) is 5.94. The first-order valence-electron chi connectivity index (χ1n) is 18.8. The molecule has 0 N–H and O–H groups in total. The van der Waals surface area contributed by atoms with Crippen molar-refractivity contribution >= 4 is 28.2 Å². The van der Waals surface area contributed by atoms with Gasteiger partial charge in [0.1, 0.15) is 0 Å². The fourth-order valence-electron chi connectivity index (χ4n) is 8.37. The zero-order valence-electron chi connectivity index (χ0n) is 30.7. The van der Waals surface area contributed by atoms with E-state index in [2.05, 4.69) is 231 Å². The zero-order valence-corrected chi connectivity index (χ0v) is 30.7. The molecule has 0 aliphatic heterocycles. The van der Waals surface area contributed by atoms with E-state index in [1.165, 1.54) is 66.9 Å². The first-order valence-corrected chi connectivity index (χ1v) is 18.8. The maximum atomic E-state index is 2.45. The second kappa shape index (κ2) is 14.0. The highest BCUT2D eigenvalue weighted by molar-refractivity contribution is 6.05. The molecule has 258 valence electrons. The molecule has 0 radical (unpaired) electrons. The Morgan fingerprint density at radius 3 is 1.30 bits per heavy atom. The van der Waals surface area contributed by atoms with Crippen LogP contribution in [0.1, 0.15) is 47.2 Å². The van der Waals surface area contributed by atoms with Gasteiger partial charge in [0.05, 0.1) is 5.69 Å². The van der Waals surface area contributed by atoms with E-state index in [-0.39, 0.29) is 5.41 Å². The number of hydrogen-bond acceptors (Lipinski definition) is 1. The topological polar surface area (TPSA) is 3.24 Å². The first kappa shape index (κ1) is 33.2. The summed E-state index contributed by atoms with van der Waals surface area (Å²) in [4.78, 5) is 2.45. The number of benzene rings is 8. The molecule has 9 rings (SSSR count). The highest BCUT2D eigenvalue weighted by Gasteiger charge is 2.38. The molecular formula is C53H41N. The second-order valence-electron chi connectivity index (χ2n) is 14.5. The van der Waals surface area contributed by atoms with Crippen LogP contribution in [-0.2, 0) is 5.41 Å². The van der Waals surface area contributed by atoms with Crippen molar-refractivity contribution in [2.24, 2.45) is 0 Å². The molecule has 0 spiro atoms. The van der Waals surface area contributed by atoms with Crippen molar-refractivity contribution in [3.63, 3.8) is 0 Å². The Kier molecular flexibility index (Phi) is 8.61. The Labute approximate surface area is 319 Å². The lowest BCUT2D eigenvalue weighted by Crippen LogP contribution is -2.20. The van der Waals surface area contributed by atoms with E-state index in [1.807, 2.05) is 0 Å². The zero-order chi connectivity index (χ0) is 36.5. The predicted octanol–water partition coefficient (Wildman–Crippen LogP) is 14.1. The summed E-state index contributed by atoms with van der Waals surface area (Å²) in [7, 11) is 0. The Bertz CT molecular complexity index is 2530. The summed E-state index contributed by atoms with van der Waals surface area (Å²) < 4.78 is 0. The molecule has 1 aliphatic rings. The van der Waals surface area contributed by atoms with Gasteiger partial charge < -0.3 is 4.90 Å². The van der Waals surface area contributed by atoms with E-state index in [4.69, 9.17) is 0 Å². The minimum Gasteiger partial charge on any atom is -0.310 e. The van der Waals surface area contributed by atoms with E-state index in [0.29, 0.717) is 0 Å². The van der Waals surface area contributed by atoms with Crippen molar-refractivity contribution in [3.05, 3.63) is 246 Å². The van der Waals surface area contributed by atoms with Gasteiger partial charge in [-0.2, -0.15) is 0 Å². The molecule has 0 fully saturated rings. The molecule has 0 heterocycles. The van der Waals surface area contributed by atoms with Gasteiger partial charge in [0, 0.05) is 16.8 Å². The molecule has 0 amide bonds. The molecule has 0 aromatic heterocycles. The number of anilines is 3. The molecule has 54 heavy (non-hydrogen) atoms. The first-order chi connectivity index (χ1) is 26.6. The number of fused-ring (bicyclic) bond motifs is 3. The smallest absolute Gasteiger partial charge is 0.0508 e. The molecule has 0 atom stereocenters. The van der Waals surface area contributed by atoms with Crippen LogP contribution in [0.2, 0.25) is 0 Å². The largest absolute Gasteiger partial charge is 0.310 e. The summed E-state index contributed by atoms with van der Waals surface area (Å²) in [5.41, 5.74) is 18.2. The van der Waals surface area contributed by atoms with Gasteiger partial charge in [-0.25, -0.2) is 0 Å². The lowest BCUT2D eigenvalue weighted by Gasteiger charge is -2.32. The van der Waals surface area contributed by atoms with Crippen molar-refractivity contribution in [2.75, 3.05) is 4.90 Å². The molecule has 0 unspecified atom stereocenters. The van der Waals surface area contributed by atoms with Crippen LogP contribution in [-0.4, -0.2) is 0 Å². The van der Waals surface area contributed by atoms with E-state index in [1.54, 1.807) is 0 Å². The third-order valence-corrected chi connectivity index (χ3v) is 10.9. The highest BCUT2D eigenvalue weighted by atomic mass is 15.1. The molecule has 1 heteroatoms. The lowest BCUT2D eigenvalue weighted by molar-refractivity contribution is 0.661. The Morgan fingerprint density at radius 2 is 0.759 bits per heavy atom. The Balaban J connectivity index is 1.24. The van der Waals surface area contributed by atoms with Gasteiger partial charge in [-0.1, -0.05) is 196 Å². The van der Waals surface area contributed by atoms with Crippen molar-refractivity contribution in [2.45, 2.75) is 19.3 Å². The minimum atomic E-state index is -0.172. The van der Waals surface area contributed by atoms with Gasteiger partial charge in [0.15, 0.2) is 0 Å². The monoisotopic (exact) mass is 691 g/mol. The molecule has 1 aliphatic carbocycles. The maximum Gasteiger partial charge on any atom is 0.0508 e. The van der Waals surface area contributed by atoms with Gasteiger partial charge in [0.25, 0.3) is 0 Å². The maximum absolute atomic E-state index is 2.45. The standard InChI is InChI=1S/C53H41N/c1-53(2)48-28-16-15-26-46(48)47-27-17-29-49(52(47)53)54(44-34-30-39(31-35-44)38-18-7-3-8-19-38)45-36-32-43(33-37-45)51(42-24-13-6-14-25-42)50(40-20-9-4-10-21-40)41-22-11-5-12-23-41/h3-37H,1-2H3. The normalized spacial score (nSPS) is 12.4. The summed E-state index contributed by atoms with van der Waals surface area (Å²) in [6.45, 7) is 4.74. The quantitative estimate of drug-likeness (QED) is 0.143. The fraction of sp³-hybridized carbons (Fsp3) is 0.0566. The van der Waals surface area contributed by atoms with Crippen LogP contribution in [0.15, 0.2) is 212 Å². The van der Waals surface area contributed by atoms with Crippen LogP contribution in [0.5, 0.6) is 0 Å². The summed E-state index contributed by atoms with van der Waals surface area (Å²) >= 11 is 0. The van der Waals surface area contributed by atoms with Crippen molar-refractivity contribution < 1.29 is 0 Å².